The number of aliphatic hydroxyl groups is 1. The summed E-state index contributed by atoms with van der Waals surface area (Å²) in [5.74, 6) is 0.717. The first kappa shape index (κ1) is 17.2. The first-order valence-electron chi connectivity index (χ1n) is 6.92. The van der Waals surface area contributed by atoms with Crippen LogP contribution in [0, 0.1) is 0 Å². The van der Waals surface area contributed by atoms with Gasteiger partial charge in [0.15, 0.2) is 0 Å². The molecule has 2 atom stereocenters. The van der Waals surface area contributed by atoms with E-state index >= 15 is 0 Å². The van der Waals surface area contributed by atoms with Crippen molar-refractivity contribution < 1.29 is 9.84 Å². The van der Waals surface area contributed by atoms with Crippen molar-refractivity contribution >= 4 is 11.6 Å². The molecule has 20 heavy (non-hydrogen) atoms. The summed E-state index contributed by atoms with van der Waals surface area (Å²) in [7, 11) is 4.11. The number of hydrogen-bond donors (Lipinski definition) is 2. The Morgan fingerprint density at radius 1 is 1.30 bits per heavy atom. The van der Waals surface area contributed by atoms with Crippen molar-refractivity contribution in [3.05, 3.63) is 29.3 Å². The SMILES string of the molecule is CC(CCN(C)C)NCC(O)COc1ccc(Cl)cc1. The molecule has 2 N–H and O–H groups in total. The largest absolute Gasteiger partial charge is 0.491 e. The number of ether oxygens (including phenoxy) is 1. The second-order valence-electron chi connectivity index (χ2n) is 5.32. The molecule has 0 fully saturated rings. The minimum Gasteiger partial charge on any atom is -0.491 e. The lowest BCUT2D eigenvalue weighted by Gasteiger charge is -2.19. The zero-order chi connectivity index (χ0) is 15.0. The van der Waals surface area contributed by atoms with Crippen molar-refractivity contribution in [2.75, 3.05) is 33.8 Å². The minimum absolute atomic E-state index is 0.273. The van der Waals surface area contributed by atoms with E-state index in [-0.39, 0.29) is 6.61 Å². The van der Waals surface area contributed by atoms with E-state index in [1.54, 1.807) is 24.3 Å². The van der Waals surface area contributed by atoms with Gasteiger partial charge >= 0.3 is 0 Å². The smallest absolute Gasteiger partial charge is 0.119 e. The van der Waals surface area contributed by atoms with Gasteiger partial charge in [0.2, 0.25) is 0 Å². The molecule has 2 unspecified atom stereocenters. The quantitative estimate of drug-likeness (QED) is 0.732. The molecule has 1 aromatic carbocycles. The van der Waals surface area contributed by atoms with Gasteiger partial charge in [0.1, 0.15) is 18.5 Å². The first-order chi connectivity index (χ1) is 9.47. The van der Waals surface area contributed by atoms with Gasteiger partial charge in [-0.2, -0.15) is 0 Å². The highest BCUT2D eigenvalue weighted by Crippen LogP contribution is 2.15. The Labute approximate surface area is 126 Å². The maximum Gasteiger partial charge on any atom is 0.119 e. The fraction of sp³-hybridized carbons (Fsp3) is 0.600. The van der Waals surface area contributed by atoms with Crippen LogP contribution in [0.4, 0.5) is 0 Å². The third kappa shape index (κ3) is 7.70. The second kappa shape index (κ2) is 9.19. The third-order valence-electron chi connectivity index (χ3n) is 2.97. The van der Waals surface area contributed by atoms with Crippen molar-refractivity contribution in [2.45, 2.75) is 25.5 Å². The van der Waals surface area contributed by atoms with Crippen LogP contribution in [0.3, 0.4) is 0 Å². The van der Waals surface area contributed by atoms with Crippen LogP contribution in [-0.2, 0) is 0 Å². The Kier molecular flexibility index (Phi) is 7.92. The number of rotatable bonds is 9. The molecule has 0 radical (unpaired) electrons. The van der Waals surface area contributed by atoms with E-state index in [2.05, 4.69) is 31.2 Å². The standard InChI is InChI=1S/C15H25ClN2O2/c1-12(8-9-18(2)3)17-10-14(19)11-20-15-6-4-13(16)5-7-15/h4-7,12,14,17,19H,8-11H2,1-3H3. The van der Waals surface area contributed by atoms with Crippen LogP contribution in [0.2, 0.25) is 5.02 Å². The highest BCUT2D eigenvalue weighted by Gasteiger charge is 2.08. The lowest BCUT2D eigenvalue weighted by Crippen LogP contribution is -2.37. The summed E-state index contributed by atoms with van der Waals surface area (Å²) in [6.45, 7) is 3.96. The van der Waals surface area contributed by atoms with E-state index in [9.17, 15) is 5.11 Å². The normalized spacial score (nSPS) is 14.3. The molecule has 0 heterocycles. The van der Waals surface area contributed by atoms with Gasteiger partial charge in [-0.25, -0.2) is 0 Å². The number of hydrogen-bond acceptors (Lipinski definition) is 4. The van der Waals surface area contributed by atoms with Crippen LogP contribution >= 0.6 is 11.6 Å². The highest BCUT2D eigenvalue weighted by atomic mass is 35.5. The number of nitrogens with one attached hydrogen (secondary N) is 1. The topological polar surface area (TPSA) is 44.7 Å². The third-order valence-corrected chi connectivity index (χ3v) is 3.22. The summed E-state index contributed by atoms with van der Waals surface area (Å²) < 4.78 is 5.50. The fourth-order valence-corrected chi connectivity index (χ4v) is 1.80. The molecule has 4 nitrogen and oxygen atoms in total. The van der Waals surface area contributed by atoms with Gasteiger partial charge in [0.05, 0.1) is 0 Å². The Hall–Kier alpha value is -0.810. The van der Waals surface area contributed by atoms with Crippen LogP contribution in [-0.4, -0.2) is 55.9 Å². The predicted molar refractivity (Wildman–Crippen MR) is 83.6 cm³/mol. The van der Waals surface area contributed by atoms with Gasteiger partial charge in [-0.15, -0.1) is 0 Å². The summed E-state index contributed by atoms with van der Waals surface area (Å²) in [6, 6.07) is 7.50. The maximum absolute atomic E-state index is 9.87. The van der Waals surface area contributed by atoms with Crippen molar-refractivity contribution in [2.24, 2.45) is 0 Å². The van der Waals surface area contributed by atoms with Gasteiger partial charge in [-0.05, 0) is 58.3 Å². The van der Waals surface area contributed by atoms with Crippen molar-refractivity contribution in [1.29, 1.82) is 0 Å². The average molecular weight is 301 g/mol. The number of aliphatic hydroxyl groups excluding tert-OH is 1. The van der Waals surface area contributed by atoms with Gasteiger partial charge in [0, 0.05) is 17.6 Å². The molecule has 0 bridgehead atoms. The van der Waals surface area contributed by atoms with E-state index in [1.807, 2.05) is 0 Å². The first-order valence-corrected chi connectivity index (χ1v) is 7.29. The molecule has 1 rings (SSSR count). The van der Waals surface area contributed by atoms with Gasteiger partial charge in [0.25, 0.3) is 0 Å². The fourth-order valence-electron chi connectivity index (χ4n) is 1.67. The Morgan fingerprint density at radius 2 is 1.95 bits per heavy atom. The zero-order valence-electron chi connectivity index (χ0n) is 12.5. The maximum atomic E-state index is 9.87. The molecular weight excluding hydrogens is 276 g/mol. The summed E-state index contributed by atoms with van der Waals surface area (Å²) in [5, 5.41) is 13.8. The lowest BCUT2D eigenvalue weighted by atomic mass is 10.2. The Morgan fingerprint density at radius 3 is 2.55 bits per heavy atom. The van der Waals surface area contributed by atoms with Crippen molar-refractivity contribution in [3.8, 4) is 5.75 Å². The van der Waals surface area contributed by atoms with E-state index in [0.29, 0.717) is 23.4 Å². The molecule has 5 heteroatoms. The molecule has 0 aromatic heterocycles. The van der Waals surface area contributed by atoms with E-state index in [1.165, 1.54) is 0 Å². The molecule has 0 spiro atoms. The van der Waals surface area contributed by atoms with Crippen LogP contribution in [0.25, 0.3) is 0 Å². The molecule has 0 amide bonds. The number of nitrogens with zero attached hydrogens (tertiary/aromatic N) is 1. The molecule has 0 aliphatic rings. The van der Waals surface area contributed by atoms with E-state index in [4.69, 9.17) is 16.3 Å². The monoisotopic (exact) mass is 300 g/mol. The van der Waals surface area contributed by atoms with E-state index in [0.717, 1.165) is 13.0 Å². The van der Waals surface area contributed by atoms with Gasteiger partial charge < -0.3 is 20.1 Å². The summed E-state index contributed by atoms with van der Waals surface area (Å²) in [6.07, 6.45) is 0.532. The number of halogens is 1. The molecule has 0 saturated carbocycles. The zero-order valence-corrected chi connectivity index (χ0v) is 13.2. The van der Waals surface area contributed by atoms with E-state index < -0.39 is 6.10 Å². The van der Waals surface area contributed by atoms with Crippen LogP contribution in [0.5, 0.6) is 5.75 Å². The van der Waals surface area contributed by atoms with Crippen molar-refractivity contribution in [3.63, 3.8) is 0 Å². The minimum atomic E-state index is -0.521. The molecule has 114 valence electrons. The summed E-state index contributed by atoms with van der Waals surface area (Å²) in [4.78, 5) is 2.15. The number of benzene rings is 1. The Balaban J connectivity index is 2.16. The Bertz CT molecular complexity index is 371. The predicted octanol–water partition coefficient (Wildman–Crippen LogP) is 2.01. The molecule has 0 saturated heterocycles. The second-order valence-corrected chi connectivity index (χ2v) is 5.76. The van der Waals surface area contributed by atoms with Gasteiger partial charge in [-0.3, -0.25) is 0 Å². The van der Waals surface area contributed by atoms with Gasteiger partial charge in [-0.1, -0.05) is 11.6 Å². The average Bonchev–Trinajstić information content (AvgIpc) is 2.42. The summed E-state index contributed by atoms with van der Waals surface area (Å²) >= 11 is 5.79. The summed E-state index contributed by atoms with van der Waals surface area (Å²) in [5.41, 5.74) is 0. The molecular formula is C15H25ClN2O2. The molecule has 0 aliphatic carbocycles. The molecule has 1 aromatic rings. The van der Waals surface area contributed by atoms with Crippen LogP contribution in [0.1, 0.15) is 13.3 Å². The highest BCUT2D eigenvalue weighted by molar-refractivity contribution is 6.30. The van der Waals surface area contributed by atoms with Crippen LogP contribution in [0.15, 0.2) is 24.3 Å². The van der Waals surface area contributed by atoms with Crippen molar-refractivity contribution in [1.82, 2.24) is 10.2 Å². The van der Waals surface area contributed by atoms with Crippen LogP contribution < -0.4 is 10.1 Å². The molecule has 0 aliphatic heterocycles. The lowest BCUT2D eigenvalue weighted by molar-refractivity contribution is 0.103.